The molecule has 25 heavy (non-hydrogen) atoms. The van der Waals surface area contributed by atoms with Gasteiger partial charge in [0.05, 0.1) is 32.3 Å². The number of nitrogens with zero attached hydrogens (tertiary/aromatic N) is 1. The zero-order chi connectivity index (χ0) is 18.3. The Morgan fingerprint density at radius 1 is 0.760 bits per heavy atom. The number of hydrogen-bond donors (Lipinski definition) is 0. The van der Waals surface area contributed by atoms with Crippen molar-refractivity contribution < 1.29 is 9.22 Å². The highest BCUT2D eigenvalue weighted by atomic mass is 16.5. The van der Waals surface area contributed by atoms with Crippen LogP contribution in [0, 0.1) is 0 Å². The molecular formula is C23H34NO+. The zero-order valence-corrected chi connectivity index (χ0v) is 16.5. The van der Waals surface area contributed by atoms with Crippen LogP contribution in [-0.4, -0.2) is 43.4 Å². The molecule has 0 saturated heterocycles. The van der Waals surface area contributed by atoms with Crippen molar-refractivity contribution in [2.75, 3.05) is 26.8 Å². The average molecular weight is 341 g/mol. The van der Waals surface area contributed by atoms with Crippen LogP contribution in [0.5, 0.6) is 0 Å². The van der Waals surface area contributed by atoms with E-state index in [1.165, 1.54) is 11.1 Å². The normalized spacial score (nSPS) is 12.3. The maximum Gasteiger partial charge on any atom is 0.103 e. The first-order chi connectivity index (χ1) is 11.9. The highest BCUT2D eigenvalue weighted by Gasteiger charge is 2.29. The fourth-order valence-corrected chi connectivity index (χ4v) is 3.33. The largest absolute Gasteiger partial charge is 0.375 e. The van der Waals surface area contributed by atoms with Gasteiger partial charge in [0.2, 0.25) is 0 Å². The van der Waals surface area contributed by atoms with Gasteiger partial charge in [-0.2, -0.15) is 0 Å². The summed E-state index contributed by atoms with van der Waals surface area (Å²) >= 11 is 0. The van der Waals surface area contributed by atoms with Crippen LogP contribution in [-0.2, 0) is 4.74 Å². The molecule has 0 spiro atoms. The highest BCUT2D eigenvalue weighted by molar-refractivity contribution is 5.32. The number of hydrogen-bond acceptors (Lipinski definition) is 1. The van der Waals surface area contributed by atoms with Crippen molar-refractivity contribution in [1.82, 2.24) is 0 Å². The van der Waals surface area contributed by atoms with E-state index in [1.807, 2.05) is 0 Å². The predicted octanol–water partition coefficient (Wildman–Crippen LogP) is 5.10. The van der Waals surface area contributed by atoms with E-state index >= 15 is 0 Å². The van der Waals surface area contributed by atoms with Gasteiger partial charge in [-0.1, -0.05) is 60.7 Å². The van der Waals surface area contributed by atoms with Crippen molar-refractivity contribution in [1.29, 1.82) is 0 Å². The molecule has 2 aromatic rings. The smallest absolute Gasteiger partial charge is 0.103 e. The summed E-state index contributed by atoms with van der Waals surface area (Å²) in [5.74, 6) is 0.291. The van der Waals surface area contributed by atoms with E-state index in [9.17, 15) is 0 Å². The topological polar surface area (TPSA) is 9.23 Å². The third-order valence-electron chi connectivity index (χ3n) is 5.77. The second-order valence-corrected chi connectivity index (χ2v) is 7.71. The van der Waals surface area contributed by atoms with Crippen molar-refractivity contribution in [3.05, 3.63) is 71.8 Å². The molecule has 0 fully saturated rings. The lowest BCUT2D eigenvalue weighted by atomic mass is 9.92. The first kappa shape index (κ1) is 19.7. The fraction of sp³-hybridized carbons (Fsp3) is 0.478. The lowest BCUT2D eigenvalue weighted by Gasteiger charge is -2.42. The van der Waals surface area contributed by atoms with Gasteiger partial charge in [-0.3, -0.25) is 0 Å². The zero-order valence-electron chi connectivity index (χ0n) is 16.5. The Bertz CT molecular complexity index is 559. The van der Waals surface area contributed by atoms with Crippen molar-refractivity contribution in [3.8, 4) is 0 Å². The summed E-state index contributed by atoms with van der Waals surface area (Å²) in [6.45, 7) is 11.8. The lowest BCUT2D eigenvalue weighted by Crippen LogP contribution is -2.56. The lowest BCUT2D eigenvalue weighted by molar-refractivity contribution is -0.949. The van der Waals surface area contributed by atoms with E-state index in [0.717, 1.165) is 24.2 Å². The first-order valence-corrected chi connectivity index (χ1v) is 9.47. The van der Waals surface area contributed by atoms with Crippen LogP contribution in [0.1, 0.15) is 44.7 Å². The molecule has 0 unspecified atom stereocenters. The van der Waals surface area contributed by atoms with E-state index < -0.39 is 0 Å². The highest BCUT2D eigenvalue weighted by Crippen LogP contribution is 2.25. The van der Waals surface area contributed by atoms with Crippen LogP contribution in [0.25, 0.3) is 0 Å². The molecule has 0 aliphatic carbocycles. The molecule has 2 nitrogen and oxygen atoms in total. The first-order valence-electron chi connectivity index (χ1n) is 9.47. The molecule has 0 bridgehead atoms. The maximum absolute atomic E-state index is 6.19. The van der Waals surface area contributed by atoms with Gasteiger partial charge in [0.1, 0.15) is 6.54 Å². The Balaban J connectivity index is 2.02. The van der Waals surface area contributed by atoms with Crippen molar-refractivity contribution in [2.45, 2.75) is 45.7 Å². The van der Waals surface area contributed by atoms with E-state index in [-0.39, 0.29) is 0 Å². The van der Waals surface area contributed by atoms with Crippen LogP contribution in [0.15, 0.2) is 60.7 Å². The molecule has 0 aliphatic heterocycles. The summed E-state index contributed by atoms with van der Waals surface area (Å²) < 4.78 is 7.23. The van der Waals surface area contributed by atoms with Crippen LogP contribution < -0.4 is 0 Å². The quantitative estimate of drug-likeness (QED) is 0.456. The second kappa shape index (κ2) is 9.17. The van der Waals surface area contributed by atoms with Gasteiger partial charge in [0, 0.05) is 5.92 Å². The van der Waals surface area contributed by atoms with E-state index in [1.54, 1.807) is 0 Å². The monoisotopic (exact) mass is 340 g/mol. The fourth-order valence-electron chi connectivity index (χ4n) is 3.33. The van der Waals surface area contributed by atoms with Gasteiger partial charge in [0.25, 0.3) is 0 Å². The van der Waals surface area contributed by atoms with Gasteiger partial charge >= 0.3 is 0 Å². The van der Waals surface area contributed by atoms with Crippen LogP contribution in [0.4, 0.5) is 0 Å². The molecule has 0 N–H and O–H groups in total. The summed E-state index contributed by atoms with van der Waals surface area (Å²) in [5.41, 5.74) is 2.64. The molecule has 0 heterocycles. The minimum Gasteiger partial charge on any atom is -0.375 e. The van der Waals surface area contributed by atoms with Gasteiger partial charge < -0.3 is 9.22 Å². The van der Waals surface area contributed by atoms with Crippen molar-refractivity contribution in [3.63, 3.8) is 0 Å². The van der Waals surface area contributed by atoms with E-state index in [4.69, 9.17) is 4.74 Å². The minimum atomic E-state index is 0.291. The molecule has 0 atom stereocenters. The van der Waals surface area contributed by atoms with Gasteiger partial charge in [0.15, 0.2) is 0 Å². The summed E-state index contributed by atoms with van der Waals surface area (Å²) in [7, 11) is 2.34. The predicted molar refractivity (Wildman–Crippen MR) is 107 cm³/mol. The molecule has 0 amide bonds. The molecule has 2 rings (SSSR count). The molecule has 136 valence electrons. The Hall–Kier alpha value is -1.64. The van der Waals surface area contributed by atoms with Crippen LogP contribution in [0.2, 0.25) is 0 Å². The Morgan fingerprint density at radius 2 is 1.20 bits per heavy atom. The third-order valence-corrected chi connectivity index (χ3v) is 5.77. The van der Waals surface area contributed by atoms with Crippen molar-refractivity contribution >= 4 is 0 Å². The standard InChI is InChI=1S/C23H34NO/c1-19(2)24(5,20(3)4)16-17-25-18-23(21-12-8-6-9-13-21)22-14-10-7-11-15-22/h6-15,19-20,23H,16-18H2,1-5H3/q+1. The average Bonchev–Trinajstić information content (AvgIpc) is 2.62. The molecule has 0 aromatic heterocycles. The summed E-state index contributed by atoms with van der Waals surface area (Å²) in [6, 6.07) is 22.6. The number of quaternary nitrogens is 1. The van der Waals surface area contributed by atoms with Gasteiger partial charge in [-0.15, -0.1) is 0 Å². The summed E-state index contributed by atoms with van der Waals surface area (Å²) in [6.07, 6.45) is 0. The van der Waals surface area contributed by atoms with E-state index in [2.05, 4.69) is 95.4 Å². The van der Waals surface area contributed by atoms with Crippen LogP contribution >= 0.6 is 0 Å². The van der Waals surface area contributed by atoms with Crippen LogP contribution in [0.3, 0.4) is 0 Å². The molecular weight excluding hydrogens is 306 g/mol. The molecule has 0 radical (unpaired) electrons. The summed E-state index contributed by atoms with van der Waals surface area (Å²) in [4.78, 5) is 0. The molecule has 0 aliphatic rings. The Labute approximate surface area is 154 Å². The second-order valence-electron chi connectivity index (χ2n) is 7.71. The molecule has 2 aromatic carbocycles. The van der Waals surface area contributed by atoms with Crippen molar-refractivity contribution in [2.24, 2.45) is 0 Å². The van der Waals surface area contributed by atoms with Gasteiger partial charge in [-0.05, 0) is 38.8 Å². The SMILES string of the molecule is CC(C)[N+](C)(CCOCC(c1ccccc1)c1ccccc1)C(C)C. The molecule has 2 heteroatoms. The summed E-state index contributed by atoms with van der Waals surface area (Å²) in [5, 5.41) is 0. The Morgan fingerprint density at radius 3 is 1.60 bits per heavy atom. The number of ether oxygens (including phenoxy) is 1. The number of benzene rings is 2. The van der Waals surface area contributed by atoms with E-state index in [0.29, 0.717) is 18.0 Å². The minimum absolute atomic E-state index is 0.291. The number of likely N-dealkylation sites (N-methyl/N-ethyl adjacent to an activating group) is 1. The number of rotatable bonds is 9. The van der Waals surface area contributed by atoms with Gasteiger partial charge in [-0.25, -0.2) is 0 Å². The third kappa shape index (κ3) is 5.17. The maximum atomic E-state index is 6.19. The Kier molecular flexibility index (Phi) is 7.22. The molecule has 0 saturated carbocycles.